The van der Waals surface area contributed by atoms with Gasteiger partial charge in [0.15, 0.2) is 6.10 Å². The van der Waals surface area contributed by atoms with Crippen LogP contribution in [0.3, 0.4) is 0 Å². The summed E-state index contributed by atoms with van der Waals surface area (Å²) < 4.78 is 15.9. The van der Waals surface area contributed by atoms with Crippen molar-refractivity contribution in [1.29, 1.82) is 0 Å². The van der Waals surface area contributed by atoms with Crippen LogP contribution >= 0.6 is 0 Å². The van der Waals surface area contributed by atoms with Gasteiger partial charge in [0.05, 0.1) is 18.1 Å². The summed E-state index contributed by atoms with van der Waals surface area (Å²) in [5, 5.41) is 0. The van der Waals surface area contributed by atoms with Crippen molar-refractivity contribution in [3.8, 4) is 0 Å². The lowest BCUT2D eigenvalue weighted by molar-refractivity contribution is -0.140. The predicted octanol–water partition coefficient (Wildman–Crippen LogP) is 2.94. The van der Waals surface area contributed by atoms with Crippen LogP contribution in [-0.2, 0) is 9.53 Å². The number of rotatable bonds is 2. The number of ether oxygens (including phenoxy) is 1. The van der Waals surface area contributed by atoms with Gasteiger partial charge >= 0.3 is 5.97 Å². The Morgan fingerprint density at radius 2 is 1.88 bits per heavy atom. The van der Waals surface area contributed by atoms with Crippen LogP contribution in [0.5, 0.6) is 0 Å². The molecule has 0 aliphatic carbocycles. The van der Waals surface area contributed by atoms with Crippen LogP contribution in [0, 0.1) is 0 Å². The van der Waals surface area contributed by atoms with Crippen molar-refractivity contribution >= 4 is 11.5 Å². The van der Waals surface area contributed by atoms with Gasteiger partial charge in [0.1, 0.15) is 11.5 Å². The lowest BCUT2D eigenvalue weighted by Gasteiger charge is -2.09. The van der Waals surface area contributed by atoms with Crippen LogP contribution in [0.1, 0.15) is 24.5 Å². The Labute approximate surface area is 97.5 Å². The second kappa shape index (κ2) is 3.66. The molecule has 0 N–H and O–H groups in total. The van der Waals surface area contributed by atoms with E-state index >= 15 is 0 Å². The summed E-state index contributed by atoms with van der Waals surface area (Å²) >= 11 is 0. The molecule has 1 aliphatic heterocycles. The van der Waals surface area contributed by atoms with Gasteiger partial charge in [0.2, 0.25) is 0 Å². The third-order valence-electron chi connectivity index (χ3n) is 2.79. The first-order valence-electron chi connectivity index (χ1n) is 5.26. The quantitative estimate of drug-likeness (QED) is 0.744. The number of cyclic esters (lactones) is 1. The molecule has 0 fully saturated rings. The van der Waals surface area contributed by atoms with Crippen molar-refractivity contribution in [3.63, 3.8) is 0 Å². The van der Waals surface area contributed by atoms with Crippen molar-refractivity contribution in [1.82, 2.24) is 0 Å². The number of hydrogen-bond donors (Lipinski definition) is 0. The van der Waals surface area contributed by atoms with Crippen molar-refractivity contribution < 1.29 is 18.4 Å². The second-order valence-corrected chi connectivity index (χ2v) is 3.82. The fourth-order valence-electron chi connectivity index (χ4n) is 1.95. The van der Waals surface area contributed by atoms with E-state index in [4.69, 9.17) is 13.6 Å². The summed E-state index contributed by atoms with van der Waals surface area (Å²) in [5.74, 6) is 0.897. The molecule has 0 aromatic carbocycles. The summed E-state index contributed by atoms with van der Waals surface area (Å²) in [4.78, 5) is 11.6. The van der Waals surface area contributed by atoms with Gasteiger partial charge in [-0.05, 0) is 31.2 Å². The predicted molar refractivity (Wildman–Crippen MR) is 58.8 cm³/mol. The van der Waals surface area contributed by atoms with Crippen molar-refractivity contribution in [2.24, 2.45) is 0 Å². The van der Waals surface area contributed by atoms with Gasteiger partial charge in [-0.25, -0.2) is 4.79 Å². The summed E-state index contributed by atoms with van der Waals surface area (Å²) in [6.07, 6.45) is 2.61. The second-order valence-electron chi connectivity index (χ2n) is 3.82. The van der Waals surface area contributed by atoms with Gasteiger partial charge < -0.3 is 13.6 Å². The Balaban J connectivity index is 2.10. The zero-order valence-electron chi connectivity index (χ0n) is 9.17. The molecule has 3 heterocycles. The van der Waals surface area contributed by atoms with E-state index in [9.17, 15) is 4.79 Å². The van der Waals surface area contributed by atoms with Crippen molar-refractivity contribution in [3.05, 3.63) is 53.9 Å². The molecule has 2 aromatic heterocycles. The van der Waals surface area contributed by atoms with Crippen LogP contribution < -0.4 is 0 Å². The largest absolute Gasteiger partial charge is 0.465 e. The van der Waals surface area contributed by atoms with Gasteiger partial charge in [-0.1, -0.05) is 0 Å². The monoisotopic (exact) mass is 230 g/mol. The Bertz CT molecular complexity index is 561. The number of carbonyl (C=O) groups is 1. The van der Waals surface area contributed by atoms with E-state index in [2.05, 4.69) is 0 Å². The average Bonchev–Trinajstić information content (AvgIpc) is 3.01. The first-order chi connectivity index (χ1) is 8.27. The van der Waals surface area contributed by atoms with Gasteiger partial charge in [-0.2, -0.15) is 0 Å². The molecule has 17 heavy (non-hydrogen) atoms. The van der Waals surface area contributed by atoms with E-state index in [1.54, 1.807) is 43.7 Å². The molecule has 0 saturated heterocycles. The Morgan fingerprint density at radius 3 is 2.53 bits per heavy atom. The molecule has 0 radical (unpaired) electrons. The number of furan rings is 2. The molecule has 1 aliphatic rings. The van der Waals surface area contributed by atoms with Gasteiger partial charge in [0.25, 0.3) is 0 Å². The Kier molecular flexibility index (Phi) is 2.14. The Hall–Kier alpha value is -2.23. The minimum absolute atomic E-state index is 0.335. The van der Waals surface area contributed by atoms with E-state index in [1.807, 2.05) is 0 Å². The Morgan fingerprint density at radius 1 is 1.12 bits per heavy atom. The molecule has 0 bridgehead atoms. The average molecular weight is 230 g/mol. The third kappa shape index (κ3) is 1.49. The molecular formula is C13H10O4. The fourth-order valence-corrected chi connectivity index (χ4v) is 1.95. The minimum Gasteiger partial charge on any atom is -0.465 e. The zero-order valence-corrected chi connectivity index (χ0v) is 9.17. The summed E-state index contributed by atoms with van der Waals surface area (Å²) in [7, 11) is 0. The van der Waals surface area contributed by atoms with Crippen LogP contribution in [0.4, 0.5) is 0 Å². The van der Waals surface area contributed by atoms with E-state index in [1.165, 1.54) is 0 Å². The van der Waals surface area contributed by atoms with Gasteiger partial charge in [-0.15, -0.1) is 0 Å². The third-order valence-corrected chi connectivity index (χ3v) is 2.79. The van der Waals surface area contributed by atoms with Crippen LogP contribution in [0.15, 0.2) is 51.2 Å². The lowest BCUT2D eigenvalue weighted by Crippen LogP contribution is -2.01. The highest BCUT2D eigenvalue weighted by atomic mass is 16.6. The molecule has 4 nitrogen and oxygen atoms in total. The summed E-state index contributed by atoms with van der Waals surface area (Å²) in [6.45, 7) is 1.73. The highest BCUT2D eigenvalue weighted by Gasteiger charge is 2.36. The molecule has 0 unspecified atom stereocenters. The van der Waals surface area contributed by atoms with Crippen LogP contribution in [-0.4, -0.2) is 5.97 Å². The SMILES string of the molecule is CC1=C(c2ccco2)[C@@H](c2ccco2)OC1=O. The molecular weight excluding hydrogens is 220 g/mol. The maximum Gasteiger partial charge on any atom is 0.335 e. The summed E-state index contributed by atoms with van der Waals surface area (Å²) in [5.41, 5.74) is 1.29. The standard InChI is InChI=1S/C13H10O4/c1-8-11(9-4-2-6-15-9)12(17-13(8)14)10-5-3-7-16-10/h2-7,12H,1H3/t12-/m1/s1. The fraction of sp³-hybridized carbons (Fsp3) is 0.154. The summed E-state index contributed by atoms with van der Waals surface area (Å²) in [6, 6.07) is 7.12. The zero-order chi connectivity index (χ0) is 11.8. The normalized spacial score (nSPS) is 19.8. The first kappa shape index (κ1) is 9.96. The molecule has 0 spiro atoms. The number of esters is 1. The molecule has 0 saturated carbocycles. The number of carbonyl (C=O) groups excluding carboxylic acids is 1. The topological polar surface area (TPSA) is 52.6 Å². The van der Waals surface area contributed by atoms with Crippen LogP contribution in [0.25, 0.3) is 5.57 Å². The molecule has 2 aromatic rings. The van der Waals surface area contributed by atoms with E-state index < -0.39 is 6.10 Å². The van der Waals surface area contributed by atoms with Gasteiger partial charge in [-0.3, -0.25) is 0 Å². The highest BCUT2D eigenvalue weighted by molar-refractivity contribution is 6.01. The minimum atomic E-state index is -0.511. The van der Waals surface area contributed by atoms with E-state index in [0.717, 1.165) is 5.57 Å². The van der Waals surface area contributed by atoms with E-state index in [0.29, 0.717) is 17.1 Å². The highest BCUT2D eigenvalue weighted by Crippen LogP contribution is 2.41. The maximum atomic E-state index is 11.6. The van der Waals surface area contributed by atoms with Gasteiger partial charge in [0, 0.05) is 5.57 Å². The smallest absolute Gasteiger partial charge is 0.335 e. The molecule has 3 rings (SSSR count). The van der Waals surface area contributed by atoms with Crippen molar-refractivity contribution in [2.45, 2.75) is 13.0 Å². The number of hydrogen-bond acceptors (Lipinski definition) is 4. The van der Waals surface area contributed by atoms with E-state index in [-0.39, 0.29) is 5.97 Å². The molecule has 1 atom stereocenters. The lowest BCUT2D eigenvalue weighted by atomic mass is 10.0. The maximum absolute atomic E-state index is 11.6. The van der Waals surface area contributed by atoms with Crippen molar-refractivity contribution in [2.75, 3.05) is 0 Å². The molecule has 4 heteroatoms. The van der Waals surface area contributed by atoms with Crippen LogP contribution in [0.2, 0.25) is 0 Å². The first-order valence-corrected chi connectivity index (χ1v) is 5.26. The molecule has 86 valence electrons. The molecule has 0 amide bonds.